The summed E-state index contributed by atoms with van der Waals surface area (Å²) >= 11 is 1.57. The largest absolute Gasteiger partial charge is 0.322 e. The monoisotopic (exact) mass is 344 g/mol. The maximum atomic E-state index is 13.6. The summed E-state index contributed by atoms with van der Waals surface area (Å²) in [5, 5.41) is 2.74. The Bertz CT molecular complexity index is 729. The molecule has 2 N–H and O–H groups in total. The lowest BCUT2D eigenvalue weighted by atomic mass is 10.2. The highest BCUT2D eigenvalue weighted by atomic mass is 32.2. The van der Waals surface area contributed by atoms with Crippen LogP contribution in [0.2, 0.25) is 0 Å². The summed E-state index contributed by atoms with van der Waals surface area (Å²) in [6.07, 6.45) is 5.00. The molecule has 0 heterocycles. The molecule has 1 aliphatic rings. The number of carbonyl (C=O) groups excluding carboxylic acids is 1. The Labute approximate surface area is 146 Å². The van der Waals surface area contributed by atoms with E-state index in [4.69, 9.17) is 0 Å². The minimum absolute atomic E-state index is 0.235. The molecule has 0 aliphatic heterocycles. The molecule has 2 aromatic rings. The van der Waals surface area contributed by atoms with Gasteiger partial charge in [-0.25, -0.2) is 4.39 Å². The van der Waals surface area contributed by atoms with Gasteiger partial charge in [0.05, 0.1) is 0 Å². The molecule has 0 unspecified atom stereocenters. The molecule has 1 aliphatic carbocycles. The first-order valence-electron chi connectivity index (χ1n) is 8.22. The van der Waals surface area contributed by atoms with E-state index in [-0.39, 0.29) is 11.7 Å². The number of rotatable bonds is 5. The number of aryl methyl sites for hydroxylation is 1. The highest BCUT2D eigenvalue weighted by Crippen LogP contribution is 2.24. The zero-order valence-electron chi connectivity index (χ0n) is 13.6. The average molecular weight is 344 g/mol. The second kappa shape index (κ2) is 7.81. The van der Waals surface area contributed by atoms with Crippen LogP contribution in [0.15, 0.2) is 47.4 Å². The van der Waals surface area contributed by atoms with Gasteiger partial charge in [-0.1, -0.05) is 25.0 Å². The summed E-state index contributed by atoms with van der Waals surface area (Å²) in [6, 6.07) is 12.7. The van der Waals surface area contributed by atoms with Crippen LogP contribution >= 0.6 is 11.9 Å². The van der Waals surface area contributed by atoms with Gasteiger partial charge in [0, 0.05) is 22.2 Å². The lowest BCUT2D eigenvalue weighted by Gasteiger charge is -2.11. The van der Waals surface area contributed by atoms with Crippen molar-refractivity contribution in [2.75, 3.05) is 5.32 Å². The fourth-order valence-corrected chi connectivity index (χ4v) is 3.64. The number of hydrogen-bond donors (Lipinski definition) is 2. The SMILES string of the molecule is Cc1ccc(NC(=O)c2cccc(SNC3CCCC3)c2)cc1F. The lowest BCUT2D eigenvalue weighted by molar-refractivity contribution is 0.102. The number of anilines is 1. The van der Waals surface area contributed by atoms with E-state index in [2.05, 4.69) is 10.0 Å². The summed E-state index contributed by atoms with van der Waals surface area (Å²) < 4.78 is 17.0. The standard InChI is InChI=1S/C19H21FN2OS/c1-13-9-10-16(12-18(13)20)21-19(23)14-5-4-8-17(11-14)24-22-15-6-2-3-7-15/h4-5,8-12,15,22H,2-3,6-7H2,1H3,(H,21,23). The zero-order chi connectivity index (χ0) is 16.9. The molecule has 3 nitrogen and oxygen atoms in total. The third kappa shape index (κ3) is 4.36. The Kier molecular flexibility index (Phi) is 5.53. The van der Waals surface area contributed by atoms with Gasteiger partial charge in [0.15, 0.2) is 0 Å². The van der Waals surface area contributed by atoms with E-state index in [1.807, 2.05) is 18.2 Å². The van der Waals surface area contributed by atoms with E-state index in [0.29, 0.717) is 22.9 Å². The van der Waals surface area contributed by atoms with Crippen LogP contribution in [0.3, 0.4) is 0 Å². The Morgan fingerprint density at radius 2 is 1.96 bits per heavy atom. The van der Waals surface area contributed by atoms with E-state index < -0.39 is 0 Å². The molecular weight excluding hydrogens is 323 g/mol. The maximum absolute atomic E-state index is 13.6. The highest BCUT2D eigenvalue weighted by molar-refractivity contribution is 7.97. The molecule has 0 radical (unpaired) electrons. The number of halogens is 1. The van der Waals surface area contributed by atoms with Gasteiger partial charge < -0.3 is 5.32 Å². The molecule has 126 valence electrons. The number of nitrogens with one attached hydrogen (secondary N) is 2. The Hall–Kier alpha value is -1.85. The fraction of sp³-hybridized carbons (Fsp3) is 0.316. The Balaban J connectivity index is 1.63. The van der Waals surface area contributed by atoms with Crippen molar-refractivity contribution < 1.29 is 9.18 Å². The molecule has 0 aromatic heterocycles. The van der Waals surface area contributed by atoms with Crippen molar-refractivity contribution >= 4 is 23.5 Å². The fourth-order valence-electron chi connectivity index (χ4n) is 2.77. The third-order valence-corrected chi connectivity index (χ3v) is 5.17. The van der Waals surface area contributed by atoms with Gasteiger partial charge in [-0.3, -0.25) is 9.52 Å². The van der Waals surface area contributed by atoms with Crippen LogP contribution in [-0.4, -0.2) is 11.9 Å². The van der Waals surface area contributed by atoms with Crippen molar-refractivity contribution in [3.05, 3.63) is 59.4 Å². The van der Waals surface area contributed by atoms with Crippen molar-refractivity contribution in [3.8, 4) is 0 Å². The van der Waals surface area contributed by atoms with E-state index in [9.17, 15) is 9.18 Å². The first-order chi connectivity index (χ1) is 11.6. The molecule has 1 amide bonds. The predicted octanol–water partition coefficient (Wildman–Crippen LogP) is 4.93. The summed E-state index contributed by atoms with van der Waals surface area (Å²) in [6.45, 7) is 1.69. The first kappa shape index (κ1) is 17.0. The number of amides is 1. The van der Waals surface area contributed by atoms with E-state index in [0.717, 1.165) is 4.90 Å². The smallest absolute Gasteiger partial charge is 0.255 e. The first-order valence-corrected chi connectivity index (χ1v) is 9.03. The molecular formula is C19H21FN2OS. The molecule has 24 heavy (non-hydrogen) atoms. The van der Waals surface area contributed by atoms with Crippen LogP contribution in [0, 0.1) is 12.7 Å². The Morgan fingerprint density at radius 1 is 1.17 bits per heavy atom. The molecule has 1 saturated carbocycles. The zero-order valence-corrected chi connectivity index (χ0v) is 14.5. The quantitative estimate of drug-likeness (QED) is 0.756. The number of benzene rings is 2. The van der Waals surface area contributed by atoms with Crippen molar-refractivity contribution in [2.45, 2.75) is 43.5 Å². The molecule has 2 aromatic carbocycles. The molecule has 1 fully saturated rings. The second-order valence-corrected chi connectivity index (χ2v) is 7.06. The van der Waals surface area contributed by atoms with Crippen molar-refractivity contribution in [1.82, 2.24) is 4.72 Å². The van der Waals surface area contributed by atoms with Gasteiger partial charge in [-0.2, -0.15) is 0 Å². The third-order valence-electron chi connectivity index (χ3n) is 4.22. The van der Waals surface area contributed by atoms with Crippen molar-refractivity contribution in [1.29, 1.82) is 0 Å². The second-order valence-electron chi connectivity index (χ2n) is 6.15. The van der Waals surface area contributed by atoms with Crippen LogP contribution in [-0.2, 0) is 0 Å². The minimum atomic E-state index is -0.321. The highest BCUT2D eigenvalue weighted by Gasteiger charge is 2.15. The molecule has 0 bridgehead atoms. The number of carbonyl (C=O) groups is 1. The van der Waals surface area contributed by atoms with Crippen LogP contribution in [0.4, 0.5) is 10.1 Å². The maximum Gasteiger partial charge on any atom is 0.255 e. The molecule has 3 rings (SSSR count). The van der Waals surface area contributed by atoms with Gasteiger partial charge in [-0.05, 0) is 67.6 Å². The van der Waals surface area contributed by atoms with Gasteiger partial charge in [0.1, 0.15) is 5.82 Å². The molecule has 0 atom stereocenters. The summed E-state index contributed by atoms with van der Waals surface area (Å²) in [5.74, 6) is -0.556. The van der Waals surface area contributed by atoms with Crippen LogP contribution in [0.1, 0.15) is 41.6 Å². The predicted molar refractivity (Wildman–Crippen MR) is 96.8 cm³/mol. The minimum Gasteiger partial charge on any atom is -0.322 e. The normalized spacial score (nSPS) is 14.8. The van der Waals surface area contributed by atoms with Gasteiger partial charge in [0.2, 0.25) is 0 Å². The summed E-state index contributed by atoms with van der Waals surface area (Å²) in [5.41, 5.74) is 1.59. The van der Waals surface area contributed by atoms with Crippen molar-refractivity contribution in [3.63, 3.8) is 0 Å². The molecule has 0 saturated heterocycles. The van der Waals surface area contributed by atoms with Crippen LogP contribution in [0.5, 0.6) is 0 Å². The topological polar surface area (TPSA) is 41.1 Å². The summed E-state index contributed by atoms with van der Waals surface area (Å²) in [4.78, 5) is 13.4. The van der Waals surface area contributed by atoms with Gasteiger partial charge >= 0.3 is 0 Å². The van der Waals surface area contributed by atoms with E-state index in [1.54, 1.807) is 37.1 Å². The van der Waals surface area contributed by atoms with E-state index in [1.165, 1.54) is 31.7 Å². The van der Waals surface area contributed by atoms with Crippen LogP contribution in [0.25, 0.3) is 0 Å². The molecule has 5 heteroatoms. The lowest BCUT2D eigenvalue weighted by Crippen LogP contribution is -2.18. The van der Waals surface area contributed by atoms with Crippen molar-refractivity contribution in [2.24, 2.45) is 0 Å². The van der Waals surface area contributed by atoms with E-state index >= 15 is 0 Å². The molecule has 0 spiro atoms. The summed E-state index contributed by atoms with van der Waals surface area (Å²) in [7, 11) is 0. The van der Waals surface area contributed by atoms with Gasteiger partial charge in [-0.15, -0.1) is 0 Å². The van der Waals surface area contributed by atoms with Crippen LogP contribution < -0.4 is 10.0 Å². The Morgan fingerprint density at radius 3 is 2.71 bits per heavy atom. The van der Waals surface area contributed by atoms with Gasteiger partial charge in [0.25, 0.3) is 5.91 Å². The average Bonchev–Trinajstić information content (AvgIpc) is 3.10. The number of hydrogen-bond acceptors (Lipinski definition) is 3.